The fourth-order valence-corrected chi connectivity index (χ4v) is 3.03. The Morgan fingerprint density at radius 3 is 3.00 bits per heavy atom. The minimum atomic E-state index is -0.644. The van der Waals surface area contributed by atoms with Crippen molar-refractivity contribution in [3.8, 4) is 6.07 Å². The van der Waals surface area contributed by atoms with Crippen LogP contribution in [-0.2, 0) is 0 Å². The van der Waals surface area contributed by atoms with Crippen LogP contribution in [0, 0.1) is 17.2 Å². The van der Waals surface area contributed by atoms with Crippen LogP contribution in [0.1, 0.15) is 38.2 Å². The van der Waals surface area contributed by atoms with Gasteiger partial charge < -0.3 is 10.4 Å². The summed E-state index contributed by atoms with van der Waals surface area (Å²) < 4.78 is 0. The van der Waals surface area contributed by atoms with Crippen molar-refractivity contribution in [3.63, 3.8) is 0 Å². The minimum Gasteiger partial charge on any atom is -0.388 e. The largest absolute Gasteiger partial charge is 0.388 e. The summed E-state index contributed by atoms with van der Waals surface area (Å²) in [5.74, 6) is 0.567. The molecule has 4 heteroatoms. The van der Waals surface area contributed by atoms with Gasteiger partial charge in [0.2, 0.25) is 0 Å². The first-order valence-electron chi connectivity index (χ1n) is 6.68. The van der Waals surface area contributed by atoms with E-state index in [4.69, 9.17) is 16.9 Å². The lowest BCUT2D eigenvalue weighted by molar-refractivity contribution is -0.000757. The zero-order chi connectivity index (χ0) is 13.9. The first-order chi connectivity index (χ1) is 9.02. The molecule has 1 saturated carbocycles. The van der Waals surface area contributed by atoms with Crippen LogP contribution in [0.15, 0.2) is 18.2 Å². The van der Waals surface area contributed by atoms with E-state index in [1.54, 1.807) is 18.2 Å². The Morgan fingerprint density at radius 1 is 1.58 bits per heavy atom. The zero-order valence-corrected chi connectivity index (χ0v) is 11.9. The molecule has 0 aromatic heterocycles. The van der Waals surface area contributed by atoms with Crippen LogP contribution in [0.4, 0.5) is 5.69 Å². The van der Waals surface area contributed by atoms with Gasteiger partial charge in [0.15, 0.2) is 0 Å². The van der Waals surface area contributed by atoms with Crippen LogP contribution in [-0.4, -0.2) is 17.3 Å². The molecule has 0 radical (unpaired) electrons. The maximum Gasteiger partial charge on any atom is 0.0992 e. The average Bonchev–Trinajstić information content (AvgIpc) is 2.37. The second kappa shape index (κ2) is 5.81. The van der Waals surface area contributed by atoms with Gasteiger partial charge in [-0.3, -0.25) is 0 Å². The Labute approximate surface area is 119 Å². The topological polar surface area (TPSA) is 56.0 Å². The second-order valence-corrected chi connectivity index (χ2v) is 5.99. The summed E-state index contributed by atoms with van der Waals surface area (Å²) in [6.45, 7) is 2.68. The summed E-state index contributed by atoms with van der Waals surface area (Å²) in [4.78, 5) is 0. The number of hydrogen-bond acceptors (Lipinski definition) is 3. The fourth-order valence-electron chi connectivity index (χ4n) is 2.78. The lowest BCUT2D eigenvalue weighted by Crippen LogP contribution is -2.41. The number of anilines is 1. The van der Waals surface area contributed by atoms with Crippen molar-refractivity contribution in [3.05, 3.63) is 28.8 Å². The highest BCUT2D eigenvalue weighted by atomic mass is 35.5. The van der Waals surface area contributed by atoms with E-state index in [9.17, 15) is 5.11 Å². The number of rotatable bonds is 3. The average molecular weight is 279 g/mol. The van der Waals surface area contributed by atoms with Gasteiger partial charge in [-0.15, -0.1) is 0 Å². The predicted molar refractivity (Wildman–Crippen MR) is 77.2 cm³/mol. The van der Waals surface area contributed by atoms with Crippen LogP contribution < -0.4 is 5.32 Å². The molecule has 0 aliphatic heterocycles. The molecule has 0 heterocycles. The molecular weight excluding hydrogens is 260 g/mol. The van der Waals surface area contributed by atoms with Crippen molar-refractivity contribution in [2.45, 2.75) is 38.2 Å². The fraction of sp³-hybridized carbons (Fsp3) is 0.533. The summed E-state index contributed by atoms with van der Waals surface area (Å²) in [5, 5.41) is 23.0. The normalized spacial score (nSPS) is 26.7. The van der Waals surface area contributed by atoms with Gasteiger partial charge in [-0.05, 0) is 37.0 Å². The van der Waals surface area contributed by atoms with Crippen molar-refractivity contribution in [1.82, 2.24) is 0 Å². The Balaban J connectivity index is 2.00. The highest BCUT2D eigenvalue weighted by Crippen LogP contribution is 2.33. The number of nitrogens with one attached hydrogen (secondary N) is 1. The molecule has 1 aromatic carbocycles. The number of halogens is 1. The number of hydrogen-bond donors (Lipinski definition) is 2. The third-order valence-corrected chi connectivity index (χ3v) is 4.09. The van der Waals surface area contributed by atoms with Crippen molar-refractivity contribution < 1.29 is 5.11 Å². The molecule has 2 N–H and O–H groups in total. The van der Waals surface area contributed by atoms with E-state index >= 15 is 0 Å². The third kappa shape index (κ3) is 3.62. The van der Waals surface area contributed by atoms with E-state index in [1.165, 1.54) is 6.42 Å². The number of aliphatic hydroxyl groups is 1. The van der Waals surface area contributed by atoms with Crippen LogP contribution in [0.5, 0.6) is 0 Å². The molecule has 3 nitrogen and oxygen atoms in total. The quantitative estimate of drug-likeness (QED) is 0.889. The van der Waals surface area contributed by atoms with Gasteiger partial charge in [0.25, 0.3) is 0 Å². The van der Waals surface area contributed by atoms with Crippen LogP contribution >= 0.6 is 11.6 Å². The molecule has 1 aliphatic carbocycles. The predicted octanol–water partition coefficient (Wildman–Crippen LogP) is 3.56. The Morgan fingerprint density at radius 2 is 2.37 bits per heavy atom. The molecule has 0 spiro atoms. The Kier molecular flexibility index (Phi) is 4.34. The summed E-state index contributed by atoms with van der Waals surface area (Å²) in [5.41, 5.74) is 0.669. The first kappa shape index (κ1) is 14.2. The number of nitriles is 1. The zero-order valence-electron chi connectivity index (χ0n) is 11.1. The van der Waals surface area contributed by atoms with Crippen molar-refractivity contribution in [2.75, 3.05) is 11.9 Å². The standard InChI is InChI=1S/C15H19ClN2O/c1-11-3-2-6-15(19,8-11)10-18-14-5-4-12(9-17)7-13(14)16/h4-5,7,11,18-19H,2-3,6,8,10H2,1H3. The minimum absolute atomic E-state index is 0.503. The van der Waals surface area contributed by atoms with E-state index in [1.807, 2.05) is 0 Å². The lowest BCUT2D eigenvalue weighted by Gasteiger charge is -2.36. The molecule has 2 unspecified atom stereocenters. The molecule has 2 rings (SSSR count). The summed E-state index contributed by atoms with van der Waals surface area (Å²) in [6.07, 6.45) is 3.92. The van der Waals surface area contributed by atoms with E-state index < -0.39 is 5.60 Å². The number of nitrogens with zero attached hydrogens (tertiary/aromatic N) is 1. The van der Waals surface area contributed by atoms with Gasteiger partial charge in [0.1, 0.15) is 0 Å². The van der Waals surface area contributed by atoms with Gasteiger partial charge in [0, 0.05) is 6.54 Å². The molecule has 19 heavy (non-hydrogen) atoms. The van der Waals surface area contributed by atoms with Gasteiger partial charge >= 0.3 is 0 Å². The monoisotopic (exact) mass is 278 g/mol. The van der Waals surface area contributed by atoms with E-state index in [0.717, 1.165) is 24.9 Å². The van der Waals surface area contributed by atoms with Gasteiger partial charge in [-0.2, -0.15) is 5.26 Å². The first-order valence-corrected chi connectivity index (χ1v) is 7.06. The third-order valence-electron chi connectivity index (χ3n) is 3.77. The highest BCUT2D eigenvalue weighted by molar-refractivity contribution is 6.33. The van der Waals surface area contributed by atoms with E-state index in [-0.39, 0.29) is 0 Å². The van der Waals surface area contributed by atoms with Crippen LogP contribution in [0.25, 0.3) is 0 Å². The molecule has 0 saturated heterocycles. The Bertz CT molecular complexity index is 497. The van der Waals surface area contributed by atoms with Gasteiger partial charge in [-0.1, -0.05) is 31.4 Å². The SMILES string of the molecule is CC1CCCC(O)(CNc2ccc(C#N)cc2Cl)C1. The second-order valence-electron chi connectivity index (χ2n) is 5.59. The van der Waals surface area contributed by atoms with Crippen molar-refractivity contribution >= 4 is 17.3 Å². The lowest BCUT2D eigenvalue weighted by atomic mass is 9.79. The summed E-state index contributed by atoms with van der Waals surface area (Å²) in [7, 11) is 0. The number of benzene rings is 1. The molecular formula is C15H19ClN2O. The maximum atomic E-state index is 10.5. The van der Waals surface area contributed by atoms with Crippen LogP contribution in [0.2, 0.25) is 5.02 Å². The van der Waals surface area contributed by atoms with Crippen molar-refractivity contribution in [1.29, 1.82) is 5.26 Å². The van der Waals surface area contributed by atoms with Crippen molar-refractivity contribution in [2.24, 2.45) is 5.92 Å². The highest BCUT2D eigenvalue weighted by Gasteiger charge is 2.32. The van der Waals surface area contributed by atoms with E-state index in [0.29, 0.717) is 23.0 Å². The summed E-state index contributed by atoms with van der Waals surface area (Å²) >= 11 is 6.10. The molecule has 2 atom stereocenters. The van der Waals surface area contributed by atoms with Crippen LogP contribution in [0.3, 0.4) is 0 Å². The maximum absolute atomic E-state index is 10.5. The van der Waals surface area contributed by atoms with E-state index in [2.05, 4.69) is 18.3 Å². The molecule has 0 bridgehead atoms. The molecule has 1 aromatic rings. The van der Waals surface area contributed by atoms with Gasteiger partial charge in [-0.25, -0.2) is 0 Å². The molecule has 0 amide bonds. The molecule has 102 valence electrons. The molecule has 1 fully saturated rings. The molecule has 1 aliphatic rings. The van der Waals surface area contributed by atoms with Gasteiger partial charge in [0.05, 0.1) is 27.9 Å². The summed E-state index contributed by atoms with van der Waals surface area (Å²) in [6, 6.07) is 7.20. The smallest absolute Gasteiger partial charge is 0.0992 e. The Hall–Kier alpha value is -1.24.